The molecule has 0 aliphatic carbocycles. The molecule has 7 heteroatoms. The summed E-state index contributed by atoms with van der Waals surface area (Å²) in [4.78, 5) is 16.6. The van der Waals surface area contributed by atoms with E-state index in [0.29, 0.717) is 18.1 Å². The number of ether oxygens (including phenoxy) is 3. The van der Waals surface area contributed by atoms with Crippen molar-refractivity contribution in [3.8, 4) is 11.5 Å². The molecular weight excluding hydrogens is 537 g/mol. The zero-order chi connectivity index (χ0) is 20.1. The van der Waals surface area contributed by atoms with Gasteiger partial charge >= 0.3 is 5.97 Å². The Labute approximate surface area is 186 Å². The van der Waals surface area contributed by atoms with Crippen LogP contribution in [0.3, 0.4) is 0 Å². The Kier molecular flexibility index (Phi) is 7.12. The van der Waals surface area contributed by atoms with Crippen LogP contribution < -0.4 is 9.47 Å². The highest BCUT2D eigenvalue weighted by Gasteiger charge is 2.25. The van der Waals surface area contributed by atoms with Gasteiger partial charge in [0.2, 0.25) is 5.90 Å². The van der Waals surface area contributed by atoms with Gasteiger partial charge in [-0.2, -0.15) is 0 Å². The Morgan fingerprint density at radius 2 is 2.07 bits per heavy atom. The van der Waals surface area contributed by atoms with Crippen molar-refractivity contribution < 1.29 is 19.0 Å². The van der Waals surface area contributed by atoms with Crippen LogP contribution in [0.15, 0.2) is 51.6 Å². The third-order valence-electron chi connectivity index (χ3n) is 4.02. The average Bonchev–Trinajstić information content (AvgIpc) is 3.03. The van der Waals surface area contributed by atoms with Gasteiger partial charge in [0.1, 0.15) is 0 Å². The molecule has 0 bridgehead atoms. The number of nitrogens with zero attached hydrogens (tertiary/aromatic N) is 1. The van der Waals surface area contributed by atoms with Gasteiger partial charge < -0.3 is 14.2 Å². The fraction of sp³-hybridized carbons (Fsp3) is 0.238. The third kappa shape index (κ3) is 4.75. The maximum absolute atomic E-state index is 12.3. The van der Waals surface area contributed by atoms with E-state index in [9.17, 15) is 4.79 Å². The van der Waals surface area contributed by atoms with Gasteiger partial charge in [-0.15, -0.1) is 0 Å². The van der Waals surface area contributed by atoms with Crippen molar-refractivity contribution in [2.75, 3.05) is 13.7 Å². The Bertz CT molecular complexity index is 955. The molecule has 0 aromatic heterocycles. The zero-order valence-electron chi connectivity index (χ0n) is 15.5. The van der Waals surface area contributed by atoms with Crippen molar-refractivity contribution in [1.29, 1.82) is 0 Å². The molecular formula is C21H19BrINO4. The second-order valence-electron chi connectivity index (χ2n) is 6.05. The van der Waals surface area contributed by atoms with Crippen LogP contribution in [0.5, 0.6) is 11.5 Å². The van der Waals surface area contributed by atoms with E-state index in [-0.39, 0.29) is 11.6 Å². The second-order valence-corrected chi connectivity index (χ2v) is 8.07. The molecule has 1 aliphatic heterocycles. The van der Waals surface area contributed by atoms with Crippen LogP contribution in [0.4, 0.5) is 0 Å². The standard InChI is InChI=1S/C21H19BrINO4/c1-3-4-9-27-19-16(23)10-13(12-18(19)26-2)11-17-21(25)28-20(24-17)14-7-5-6-8-15(14)22/h5-8,10-12H,3-4,9H2,1-2H3/b17-11-. The van der Waals surface area contributed by atoms with Crippen molar-refractivity contribution in [2.24, 2.45) is 4.99 Å². The number of unbranched alkanes of at least 4 members (excludes halogenated alkanes) is 1. The van der Waals surface area contributed by atoms with Crippen LogP contribution in [-0.2, 0) is 9.53 Å². The van der Waals surface area contributed by atoms with Crippen molar-refractivity contribution in [1.82, 2.24) is 0 Å². The average molecular weight is 556 g/mol. The minimum atomic E-state index is -0.483. The number of esters is 1. The summed E-state index contributed by atoms with van der Waals surface area (Å²) in [5.74, 6) is 1.13. The van der Waals surface area contributed by atoms with Gasteiger partial charge in [-0.25, -0.2) is 9.79 Å². The number of carbonyl (C=O) groups is 1. The molecule has 0 spiro atoms. The molecule has 3 rings (SSSR count). The number of rotatable bonds is 7. The van der Waals surface area contributed by atoms with Crippen molar-refractivity contribution in [3.05, 3.63) is 61.3 Å². The van der Waals surface area contributed by atoms with Gasteiger partial charge in [-0.05, 0) is 80.8 Å². The Hall–Kier alpha value is -1.87. The summed E-state index contributed by atoms with van der Waals surface area (Å²) in [6.07, 6.45) is 3.72. The highest BCUT2D eigenvalue weighted by atomic mass is 127. The number of aliphatic imine (C=N–C) groups is 1. The molecule has 2 aromatic rings. The Balaban J connectivity index is 1.91. The number of cyclic esters (lactones) is 1. The molecule has 0 saturated carbocycles. The van der Waals surface area contributed by atoms with Crippen LogP contribution in [-0.4, -0.2) is 25.6 Å². The van der Waals surface area contributed by atoms with Crippen molar-refractivity contribution in [2.45, 2.75) is 19.8 Å². The molecule has 0 fully saturated rings. The summed E-state index contributed by atoms with van der Waals surface area (Å²) >= 11 is 5.66. The summed E-state index contributed by atoms with van der Waals surface area (Å²) in [6.45, 7) is 2.75. The number of hydrogen-bond acceptors (Lipinski definition) is 5. The van der Waals surface area contributed by atoms with E-state index in [1.54, 1.807) is 13.2 Å². The lowest BCUT2D eigenvalue weighted by Crippen LogP contribution is -2.06. The van der Waals surface area contributed by atoms with Crippen LogP contribution in [0.2, 0.25) is 0 Å². The fourth-order valence-corrected chi connectivity index (χ4v) is 3.83. The monoisotopic (exact) mass is 555 g/mol. The molecule has 0 amide bonds. The lowest BCUT2D eigenvalue weighted by Gasteiger charge is -2.13. The summed E-state index contributed by atoms with van der Waals surface area (Å²) < 4.78 is 18.4. The lowest BCUT2D eigenvalue weighted by molar-refractivity contribution is -0.129. The SMILES string of the molecule is CCCCOc1c(I)cc(/C=C2\N=C(c3ccccc3Br)OC2=O)cc1OC. The van der Waals surface area contributed by atoms with Crippen LogP contribution in [0.25, 0.3) is 6.08 Å². The van der Waals surface area contributed by atoms with Gasteiger partial charge in [0.05, 0.1) is 22.9 Å². The van der Waals surface area contributed by atoms with Gasteiger partial charge in [0, 0.05) is 4.47 Å². The van der Waals surface area contributed by atoms with E-state index in [4.69, 9.17) is 14.2 Å². The molecule has 2 aromatic carbocycles. The number of halogens is 2. The molecule has 0 saturated heterocycles. The predicted octanol–water partition coefficient (Wildman–Crippen LogP) is 5.59. The summed E-state index contributed by atoms with van der Waals surface area (Å²) in [6, 6.07) is 11.2. The molecule has 146 valence electrons. The van der Waals surface area contributed by atoms with E-state index in [2.05, 4.69) is 50.4 Å². The summed E-state index contributed by atoms with van der Waals surface area (Å²) in [5.41, 5.74) is 1.75. The quantitative estimate of drug-likeness (QED) is 0.193. The van der Waals surface area contributed by atoms with Gasteiger partial charge in [0.25, 0.3) is 0 Å². The maximum atomic E-state index is 12.3. The van der Waals surface area contributed by atoms with E-state index in [0.717, 1.165) is 32.0 Å². The molecule has 0 atom stereocenters. The third-order valence-corrected chi connectivity index (χ3v) is 5.52. The van der Waals surface area contributed by atoms with Gasteiger partial charge in [-0.3, -0.25) is 0 Å². The van der Waals surface area contributed by atoms with Crippen LogP contribution in [0.1, 0.15) is 30.9 Å². The summed E-state index contributed by atoms with van der Waals surface area (Å²) in [5, 5.41) is 0. The predicted molar refractivity (Wildman–Crippen MR) is 121 cm³/mol. The number of carbonyl (C=O) groups excluding carboxylic acids is 1. The molecule has 1 aliphatic rings. The van der Waals surface area contributed by atoms with Crippen LogP contribution in [0, 0.1) is 3.57 Å². The molecule has 28 heavy (non-hydrogen) atoms. The van der Waals surface area contributed by atoms with E-state index >= 15 is 0 Å². The normalized spacial score (nSPS) is 14.8. The maximum Gasteiger partial charge on any atom is 0.363 e. The molecule has 1 heterocycles. The smallest absolute Gasteiger partial charge is 0.363 e. The highest BCUT2D eigenvalue weighted by molar-refractivity contribution is 14.1. The first-order valence-electron chi connectivity index (χ1n) is 8.81. The number of hydrogen-bond donors (Lipinski definition) is 0. The highest BCUT2D eigenvalue weighted by Crippen LogP contribution is 2.35. The minimum Gasteiger partial charge on any atom is -0.493 e. The van der Waals surface area contributed by atoms with E-state index in [1.807, 2.05) is 36.4 Å². The first-order valence-corrected chi connectivity index (χ1v) is 10.7. The summed E-state index contributed by atoms with van der Waals surface area (Å²) in [7, 11) is 1.60. The van der Waals surface area contributed by atoms with Crippen molar-refractivity contribution in [3.63, 3.8) is 0 Å². The first-order chi connectivity index (χ1) is 13.5. The zero-order valence-corrected chi connectivity index (χ0v) is 19.2. The molecule has 0 unspecified atom stereocenters. The van der Waals surface area contributed by atoms with Gasteiger partial charge in [-0.1, -0.05) is 25.5 Å². The minimum absolute atomic E-state index is 0.239. The topological polar surface area (TPSA) is 57.1 Å². The fourth-order valence-electron chi connectivity index (χ4n) is 2.60. The second kappa shape index (κ2) is 9.56. The first kappa shape index (κ1) is 20.9. The van der Waals surface area contributed by atoms with E-state index in [1.165, 1.54) is 0 Å². The molecule has 0 radical (unpaired) electrons. The van der Waals surface area contributed by atoms with E-state index < -0.39 is 5.97 Å². The van der Waals surface area contributed by atoms with Gasteiger partial charge in [0.15, 0.2) is 17.2 Å². The molecule has 0 N–H and O–H groups in total. The largest absolute Gasteiger partial charge is 0.493 e. The number of benzene rings is 2. The Morgan fingerprint density at radius 3 is 2.79 bits per heavy atom. The number of methoxy groups -OCH3 is 1. The molecule has 5 nitrogen and oxygen atoms in total. The van der Waals surface area contributed by atoms with Crippen LogP contribution >= 0.6 is 38.5 Å². The Morgan fingerprint density at radius 1 is 1.29 bits per heavy atom. The van der Waals surface area contributed by atoms with Crippen molar-refractivity contribution >= 4 is 56.5 Å². The lowest BCUT2D eigenvalue weighted by atomic mass is 10.1.